The maximum atomic E-state index is 12.0. The average molecular weight is 296 g/mol. The van der Waals surface area contributed by atoms with Gasteiger partial charge in [-0.25, -0.2) is 4.98 Å². The number of nitrogens with one attached hydrogen (secondary N) is 1. The standard InChI is InChI=1S/C13H14F2N4O2/c1-2-19-6-5-16-11(12(19)20)18-7-9-3-4-10(8-17-9)21-13(14)15/h3-6,8,13H,2,7H2,1H3,(H,16,18). The summed E-state index contributed by atoms with van der Waals surface area (Å²) in [6, 6.07) is 2.92. The molecule has 0 aromatic carbocycles. The van der Waals surface area contributed by atoms with E-state index in [4.69, 9.17) is 0 Å². The van der Waals surface area contributed by atoms with E-state index in [9.17, 15) is 13.6 Å². The monoisotopic (exact) mass is 296 g/mol. The maximum absolute atomic E-state index is 12.0. The van der Waals surface area contributed by atoms with Gasteiger partial charge in [0.1, 0.15) is 5.75 Å². The zero-order valence-electron chi connectivity index (χ0n) is 11.3. The number of halogens is 2. The molecule has 0 aliphatic heterocycles. The van der Waals surface area contributed by atoms with Gasteiger partial charge >= 0.3 is 6.61 Å². The molecule has 0 fully saturated rings. The van der Waals surface area contributed by atoms with Crippen molar-refractivity contribution in [1.82, 2.24) is 14.5 Å². The Morgan fingerprint density at radius 1 is 1.38 bits per heavy atom. The quantitative estimate of drug-likeness (QED) is 0.881. The fourth-order valence-corrected chi connectivity index (χ4v) is 1.68. The molecule has 0 saturated heterocycles. The Morgan fingerprint density at radius 2 is 2.19 bits per heavy atom. The maximum Gasteiger partial charge on any atom is 0.387 e. The van der Waals surface area contributed by atoms with Crippen molar-refractivity contribution in [2.24, 2.45) is 0 Å². The molecule has 0 aliphatic carbocycles. The van der Waals surface area contributed by atoms with Gasteiger partial charge < -0.3 is 14.6 Å². The van der Waals surface area contributed by atoms with Gasteiger partial charge in [0.2, 0.25) is 0 Å². The summed E-state index contributed by atoms with van der Waals surface area (Å²) >= 11 is 0. The number of hydrogen-bond donors (Lipinski definition) is 1. The van der Waals surface area contributed by atoms with Crippen LogP contribution in [-0.4, -0.2) is 21.1 Å². The van der Waals surface area contributed by atoms with E-state index < -0.39 is 6.61 Å². The zero-order chi connectivity index (χ0) is 15.2. The molecule has 0 unspecified atom stereocenters. The second-order valence-corrected chi connectivity index (χ2v) is 4.08. The lowest BCUT2D eigenvalue weighted by Gasteiger charge is -2.08. The van der Waals surface area contributed by atoms with Crippen molar-refractivity contribution in [3.05, 3.63) is 46.8 Å². The minimum atomic E-state index is -2.88. The van der Waals surface area contributed by atoms with Crippen molar-refractivity contribution in [3.63, 3.8) is 0 Å². The summed E-state index contributed by atoms with van der Waals surface area (Å²) in [5.74, 6) is 0.203. The van der Waals surface area contributed by atoms with Gasteiger partial charge in [0.05, 0.1) is 18.4 Å². The number of pyridine rings is 1. The molecule has 2 heterocycles. The highest BCUT2D eigenvalue weighted by molar-refractivity contribution is 5.32. The highest BCUT2D eigenvalue weighted by atomic mass is 19.3. The molecule has 0 atom stereocenters. The van der Waals surface area contributed by atoms with Crippen LogP contribution in [0, 0.1) is 0 Å². The lowest BCUT2D eigenvalue weighted by atomic mass is 10.3. The first-order chi connectivity index (χ1) is 10.1. The second kappa shape index (κ2) is 6.78. The van der Waals surface area contributed by atoms with E-state index in [1.807, 2.05) is 6.92 Å². The molecule has 2 aromatic rings. The van der Waals surface area contributed by atoms with Crippen LogP contribution in [0.4, 0.5) is 14.6 Å². The van der Waals surface area contributed by atoms with Crippen molar-refractivity contribution in [1.29, 1.82) is 0 Å². The molecule has 112 valence electrons. The van der Waals surface area contributed by atoms with Crippen LogP contribution in [0.3, 0.4) is 0 Å². The third-order valence-electron chi connectivity index (χ3n) is 2.71. The predicted octanol–water partition coefficient (Wildman–Crippen LogP) is 1.87. The van der Waals surface area contributed by atoms with Crippen LogP contribution in [0.2, 0.25) is 0 Å². The molecular weight excluding hydrogens is 282 g/mol. The van der Waals surface area contributed by atoms with Crippen LogP contribution >= 0.6 is 0 Å². The fourth-order valence-electron chi connectivity index (χ4n) is 1.68. The number of aryl methyl sites for hydroxylation is 1. The first kappa shape index (κ1) is 14.9. The molecule has 0 amide bonds. The van der Waals surface area contributed by atoms with Crippen molar-refractivity contribution in [3.8, 4) is 5.75 Å². The minimum absolute atomic E-state index is 0.0140. The van der Waals surface area contributed by atoms with Gasteiger partial charge in [-0.1, -0.05) is 0 Å². The van der Waals surface area contributed by atoms with E-state index >= 15 is 0 Å². The lowest BCUT2D eigenvalue weighted by Crippen LogP contribution is -2.23. The molecule has 0 radical (unpaired) electrons. The highest BCUT2D eigenvalue weighted by Gasteiger charge is 2.06. The first-order valence-electron chi connectivity index (χ1n) is 6.29. The van der Waals surface area contributed by atoms with Crippen molar-refractivity contribution in [2.75, 3.05) is 5.32 Å². The number of hydrogen-bond acceptors (Lipinski definition) is 5. The summed E-state index contributed by atoms with van der Waals surface area (Å²) in [6.45, 7) is -0.218. The van der Waals surface area contributed by atoms with Gasteiger partial charge in [-0.15, -0.1) is 0 Å². The van der Waals surface area contributed by atoms with Crippen LogP contribution in [0.15, 0.2) is 35.5 Å². The van der Waals surface area contributed by atoms with E-state index in [1.54, 1.807) is 6.20 Å². The van der Waals surface area contributed by atoms with Gasteiger partial charge in [0.15, 0.2) is 5.82 Å². The average Bonchev–Trinajstić information content (AvgIpc) is 2.47. The van der Waals surface area contributed by atoms with Crippen molar-refractivity contribution >= 4 is 5.82 Å². The summed E-state index contributed by atoms with van der Waals surface area (Å²) in [7, 11) is 0. The summed E-state index contributed by atoms with van der Waals surface area (Å²) < 4.78 is 29.7. The van der Waals surface area contributed by atoms with Gasteiger partial charge in [-0.2, -0.15) is 8.78 Å². The molecule has 0 saturated carbocycles. The number of nitrogens with zero attached hydrogens (tertiary/aromatic N) is 3. The van der Waals surface area contributed by atoms with Gasteiger partial charge in [0.25, 0.3) is 5.56 Å². The Kier molecular flexibility index (Phi) is 4.81. The third kappa shape index (κ3) is 3.98. The molecular formula is C13H14F2N4O2. The Labute approximate surface area is 119 Å². The summed E-state index contributed by atoms with van der Waals surface area (Å²) in [6.07, 6.45) is 4.33. The second-order valence-electron chi connectivity index (χ2n) is 4.08. The van der Waals surface area contributed by atoms with Crippen LogP contribution in [0.5, 0.6) is 5.75 Å². The largest absolute Gasteiger partial charge is 0.433 e. The number of ether oxygens (including phenoxy) is 1. The molecule has 2 aromatic heterocycles. The Balaban J connectivity index is 2.02. The third-order valence-corrected chi connectivity index (χ3v) is 2.71. The SMILES string of the molecule is CCn1ccnc(NCc2ccc(OC(F)F)cn2)c1=O. The normalized spacial score (nSPS) is 10.7. The summed E-state index contributed by atoms with van der Waals surface area (Å²) in [5.41, 5.74) is 0.349. The molecule has 8 heteroatoms. The van der Waals surface area contributed by atoms with Gasteiger partial charge in [-0.05, 0) is 19.1 Å². The predicted molar refractivity (Wildman–Crippen MR) is 72.4 cm³/mol. The first-order valence-corrected chi connectivity index (χ1v) is 6.29. The van der Waals surface area contributed by atoms with E-state index in [0.717, 1.165) is 0 Å². The Hall–Kier alpha value is -2.51. The Morgan fingerprint density at radius 3 is 2.81 bits per heavy atom. The van der Waals surface area contributed by atoms with Gasteiger partial charge in [0, 0.05) is 18.9 Å². The number of aromatic nitrogens is 3. The van der Waals surface area contributed by atoms with E-state index in [1.165, 1.54) is 29.1 Å². The number of anilines is 1. The Bertz CT molecular complexity index is 643. The fraction of sp³-hybridized carbons (Fsp3) is 0.308. The van der Waals surface area contributed by atoms with Crippen molar-refractivity contribution < 1.29 is 13.5 Å². The summed E-state index contributed by atoms with van der Waals surface area (Å²) in [4.78, 5) is 19.8. The topological polar surface area (TPSA) is 69.0 Å². The molecule has 21 heavy (non-hydrogen) atoms. The van der Waals surface area contributed by atoms with Crippen LogP contribution in [-0.2, 0) is 13.1 Å². The number of rotatable bonds is 6. The van der Waals surface area contributed by atoms with Gasteiger partial charge in [-0.3, -0.25) is 9.78 Å². The van der Waals surface area contributed by atoms with Crippen LogP contribution in [0.25, 0.3) is 0 Å². The molecule has 0 aliphatic rings. The molecule has 6 nitrogen and oxygen atoms in total. The molecule has 0 bridgehead atoms. The lowest BCUT2D eigenvalue weighted by molar-refractivity contribution is -0.0500. The van der Waals surface area contributed by atoms with E-state index in [-0.39, 0.29) is 23.7 Å². The van der Waals surface area contributed by atoms with Crippen LogP contribution in [0.1, 0.15) is 12.6 Å². The molecule has 0 spiro atoms. The smallest absolute Gasteiger partial charge is 0.387 e. The highest BCUT2D eigenvalue weighted by Crippen LogP contribution is 2.12. The molecule has 2 rings (SSSR count). The zero-order valence-corrected chi connectivity index (χ0v) is 11.3. The molecule has 1 N–H and O–H groups in total. The minimum Gasteiger partial charge on any atom is -0.433 e. The summed E-state index contributed by atoms with van der Waals surface area (Å²) in [5, 5.41) is 2.87. The van der Waals surface area contributed by atoms with Crippen LogP contribution < -0.4 is 15.6 Å². The van der Waals surface area contributed by atoms with E-state index in [0.29, 0.717) is 12.2 Å². The van der Waals surface area contributed by atoms with E-state index in [2.05, 4.69) is 20.0 Å². The van der Waals surface area contributed by atoms with Crippen molar-refractivity contribution in [2.45, 2.75) is 26.6 Å². The number of alkyl halides is 2.